The predicted molar refractivity (Wildman–Crippen MR) is 99.7 cm³/mol. The summed E-state index contributed by atoms with van der Waals surface area (Å²) in [5.74, 6) is 1.96. The van der Waals surface area contributed by atoms with Gasteiger partial charge in [0.1, 0.15) is 0 Å². The van der Waals surface area contributed by atoms with E-state index < -0.39 is 0 Å². The minimum absolute atomic E-state index is 0.0732. The maximum atomic E-state index is 12.2. The molecule has 1 aliphatic heterocycles. The highest BCUT2D eigenvalue weighted by atomic mass is 16.5. The number of carbonyl (C=O) groups is 1. The highest BCUT2D eigenvalue weighted by molar-refractivity contribution is 5.76. The fraction of sp³-hybridized carbons (Fsp3) is 0.500. The molecule has 1 aliphatic rings. The SMILES string of the molecule is COc1cccc2c1OCC(CNC(=O)CCc1c(C)nn(C)c1C)C2. The second-order valence-electron chi connectivity index (χ2n) is 6.91. The Morgan fingerprint density at radius 3 is 2.92 bits per heavy atom. The summed E-state index contributed by atoms with van der Waals surface area (Å²) in [5, 5.41) is 7.45. The van der Waals surface area contributed by atoms with Gasteiger partial charge in [-0.05, 0) is 43.9 Å². The number of nitrogens with zero attached hydrogens (tertiary/aromatic N) is 2. The summed E-state index contributed by atoms with van der Waals surface area (Å²) in [6, 6.07) is 5.93. The molecule has 1 atom stereocenters. The quantitative estimate of drug-likeness (QED) is 0.862. The molecule has 2 heterocycles. The molecule has 2 aromatic rings. The molecule has 1 aromatic carbocycles. The van der Waals surface area contributed by atoms with Crippen molar-refractivity contribution < 1.29 is 14.3 Å². The van der Waals surface area contributed by atoms with Gasteiger partial charge in [-0.1, -0.05) is 12.1 Å². The number of rotatable bonds is 6. The molecule has 6 nitrogen and oxygen atoms in total. The Bertz CT molecular complexity index is 798. The number of methoxy groups -OCH3 is 1. The third-order valence-electron chi connectivity index (χ3n) is 5.10. The van der Waals surface area contributed by atoms with Crippen LogP contribution in [0, 0.1) is 19.8 Å². The van der Waals surface area contributed by atoms with Crippen LogP contribution in [0.4, 0.5) is 0 Å². The fourth-order valence-electron chi connectivity index (χ4n) is 3.51. The molecule has 0 spiro atoms. The van der Waals surface area contributed by atoms with Gasteiger partial charge >= 0.3 is 0 Å². The van der Waals surface area contributed by atoms with Crippen LogP contribution in [0.2, 0.25) is 0 Å². The number of benzene rings is 1. The molecular weight excluding hydrogens is 330 g/mol. The summed E-state index contributed by atoms with van der Waals surface area (Å²) in [6.07, 6.45) is 2.08. The summed E-state index contributed by atoms with van der Waals surface area (Å²) < 4.78 is 13.1. The first-order chi connectivity index (χ1) is 12.5. The van der Waals surface area contributed by atoms with E-state index >= 15 is 0 Å². The van der Waals surface area contributed by atoms with Crippen LogP contribution in [0.3, 0.4) is 0 Å². The fourth-order valence-corrected chi connectivity index (χ4v) is 3.51. The molecule has 1 aromatic heterocycles. The summed E-state index contributed by atoms with van der Waals surface area (Å²) in [6.45, 7) is 5.25. The third kappa shape index (κ3) is 3.84. The number of amides is 1. The Labute approximate surface area is 154 Å². The molecule has 3 rings (SSSR count). The number of fused-ring (bicyclic) bond motifs is 1. The first kappa shape index (κ1) is 18.3. The van der Waals surface area contributed by atoms with E-state index in [9.17, 15) is 4.79 Å². The van der Waals surface area contributed by atoms with E-state index in [0.717, 1.165) is 41.3 Å². The van der Waals surface area contributed by atoms with Crippen molar-refractivity contribution in [1.29, 1.82) is 0 Å². The molecule has 0 bridgehead atoms. The average molecular weight is 357 g/mol. The number of carbonyl (C=O) groups excluding carboxylic acids is 1. The highest BCUT2D eigenvalue weighted by Crippen LogP contribution is 2.35. The Morgan fingerprint density at radius 1 is 1.42 bits per heavy atom. The Balaban J connectivity index is 1.49. The van der Waals surface area contributed by atoms with Crippen molar-refractivity contribution in [2.24, 2.45) is 13.0 Å². The molecule has 0 radical (unpaired) electrons. The standard InChI is InChI=1S/C20H27N3O3/c1-13-17(14(2)23(3)22-13)8-9-19(24)21-11-15-10-16-6-5-7-18(25-4)20(16)26-12-15/h5-7,15H,8-12H2,1-4H3,(H,21,24). The van der Waals surface area contributed by atoms with Crippen LogP contribution in [0.15, 0.2) is 18.2 Å². The average Bonchev–Trinajstić information content (AvgIpc) is 2.89. The molecule has 0 fully saturated rings. The van der Waals surface area contributed by atoms with E-state index in [1.807, 2.05) is 37.7 Å². The maximum absolute atomic E-state index is 12.2. The van der Waals surface area contributed by atoms with E-state index in [-0.39, 0.29) is 11.8 Å². The van der Waals surface area contributed by atoms with Crippen LogP contribution in [-0.4, -0.2) is 35.9 Å². The Kier molecular flexibility index (Phi) is 5.49. The lowest BCUT2D eigenvalue weighted by Gasteiger charge is -2.26. The van der Waals surface area contributed by atoms with Crippen molar-refractivity contribution in [1.82, 2.24) is 15.1 Å². The largest absolute Gasteiger partial charge is 0.493 e. The lowest BCUT2D eigenvalue weighted by molar-refractivity contribution is -0.121. The zero-order valence-electron chi connectivity index (χ0n) is 16.0. The molecule has 6 heteroatoms. The van der Waals surface area contributed by atoms with Gasteiger partial charge in [0.05, 0.1) is 19.4 Å². The molecule has 0 saturated heterocycles. The number of para-hydroxylation sites is 1. The summed E-state index contributed by atoms with van der Waals surface area (Å²) in [5.41, 5.74) is 4.44. The molecule has 140 valence electrons. The molecular formula is C20H27N3O3. The van der Waals surface area contributed by atoms with Gasteiger partial charge in [-0.15, -0.1) is 0 Å². The first-order valence-corrected chi connectivity index (χ1v) is 9.04. The first-order valence-electron chi connectivity index (χ1n) is 9.04. The molecule has 0 aliphatic carbocycles. The summed E-state index contributed by atoms with van der Waals surface area (Å²) >= 11 is 0. The van der Waals surface area contributed by atoms with Gasteiger partial charge in [0.15, 0.2) is 11.5 Å². The van der Waals surface area contributed by atoms with Crippen molar-refractivity contribution >= 4 is 5.91 Å². The van der Waals surface area contributed by atoms with Crippen LogP contribution in [0.5, 0.6) is 11.5 Å². The summed E-state index contributed by atoms with van der Waals surface area (Å²) in [4.78, 5) is 12.2. The van der Waals surface area contributed by atoms with E-state index in [2.05, 4.69) is 16.5 Å². The molecule has 1 unspecified atom stereocenters. The number of hydrogen-bond acceptors (Lipinski definition) is 4. The lowest BCUT2D eigenvalue weighted by atomic mass is 9.96. The van der Waals surface area contributed by atoms with Crippen molar-refractivity contribution in [2.45, 2.75) is 33.1 Å². The van der Waals surface area contributed by atoms with Crippen LogP contribution in [-0.2, 0) is 24.7 Å². The summed E-state index contributed by atoms with van der Waals surface area (Å²) in [7, 11) is 3.58. The number of hydrogen-bond donors (Lipinski definition) is 1. The zero-order valence-corrected chi connectivity index (χ0v) is 16.0. The van der Waals surface area contributed by atoms with Gasteiger partial charge in [-0.2, -0.15) is 5.10 Å². The van der Waals surface area contributed by atoms with Crippen molar-refractivity contribution in [3.8, 4) is 11.5 Å². The second kappa shape index (κ2) is 7.81. The Morgan fingerprint density at radius 2 is 2.23 bits per heavy atom. The van der Waals surface area contributed by atoms with Crippen molar-refractivity contribution in [3.63, 3.8) is 0 Å². The van der Waals surface area contributed by atoms with E-state index in [4.69, 9.17) is 9.47 Å². The van der Waals surface area contributed by atoms with E-state index in [1.54, 1.807) is 7.11 Å². The minimum Gasteiger partial charge on any atom is -0.493 e. The Hall–Kier alpha value is -2.50. The van der Waals surface area contributed by atoms with Gasteiger partial charge in [0.2, 0.25) is 5.91 Å². The van der Waals surface area contributed by atoms with E-state index in [1.165, 1.54) is 5.56 Å². The van der Waals surface area contributed by atoms with Gasteiger partial charge in [-0.3, -0.25) is 9.48 Å². The van der Waals surface area contributed by atoms with Crippen LogP contribution >= 0.6 is 0 Å². The van der Waals surface area contributed by atoms with Gasteiger partial charge < -0.3 is 14.8 Å². The second-order valence-corrected chi connectivity index (χ2v) is 6.91. The number of aromatic nitrogens is 2. The van der Waals surface area contributed by atoms with E-state index in [0.29, 0.717) is 19.6 Å². The molecule has 1 N–H and O–H groups in total. The third-order valence-corrected chi connectivity index (χ3v) is 5.10. The minimum atomic E-state index is 0.0732. The van der Waals surface area contributed by atoms with Gasteiger partial charge in [-0.25, -0.2) is 0 Å². The van der Waals surface area contributed by atoms with Gasteiger partial charge in [0.25, 0.3) is 0 Å². The van der Waals surface area contributed by atoms with Crippen molar-refractivity contribution in [3.05, 3.63) is 40.7 Å². The zero-order chi connectivity index (χ0) is 18.7. The van der Waals surface area contributed by atoms with Crippen molar-refractivity contribution in [2.75, 3.05) is 20.3 Å². The molecule has 0 saturated carbocycles. The monoisotopic (exact) mass is 357 g/mol. The topological polar surface area (TPSA) is 65.4 Å². The number of aryl methyl sites for hydroxylation is 2. The predicted octanol–water partition coefficient (Wildman–Crippen LogP) is 2.35. The smallest absolute Gasteiger partial charge is 0.220 e. The maximum Gasteiger partial charge on any atom is 0.220 e. The van der Waals surface area contributed by atoms with Gasteiger partial charge in [0, 0.05) is 31.6 Å². The lowest BCUT2D eigenvalue weighted by Crippen LogP contribution is -2.35. The number of nitrogens with one attached hydrogen (secondary N) is 1. The van der Waals surface area contributed by atoms with Crippen LogP contribution in [0.1, 0.15) is 28.9 Å². The van der Waals surface area contributed by atoms with Crippen LogP contribution < -0.4 is 14.8 Å². The highest BCUT2D eigenvalue weighted by Gasteiger charge is 2.23. The normalized spacial score (nSPS) is 15.9. The van der Waals surface area contributed by atoms with Crippen LogP contribution in [0.25, 0.3) is 0 Å². The number of ether oxygens (including phenoxy) is 2. The molecule has 26 heavy (non-hydrogen) atoms. The molecule has 1 amide bonds.